The zero-order valence-corrected chi connectivity index (χ0v) is 19.3. The van der Waals surface area contributed by atoms with Gasteiger partial charge in [0.05, 0.1) is 12.7 Å². The predicted molar refractivity (Wildman–Crippen MR) is 119 cm³/mol. The summed E-state index contributed by atoms with van der Waals surface area (Å²) in [5, 5.41) is 5.16. The first-order valence-corrected chi connectivity index (χ1v) is 11.3. The minimum absolute atomic E-state index is 0.0230. The zero-order chi connectivity index (χ0) is 24.5. The molecule has 0 aliphatic heterocycles. The Hall–Kier alpha value is -3.50. The molecule has 3 rings (SSSR count). The van der Waals surface area contributed by atoms with Crippen molar-refractivity contribution in [3.05, 3.63) is 76.4 Å². The van der Waals surface area contributed by atoms with Crippen LogP contribution in [0.15, 0.2) is 47.4 Å². The first kappa shape index (κ1) is 24.1. The fraction of sp³-hybridized carbons (Fsp3) is 0.217. The maximum atomic E-state index is 14.0. The number of sulfonamides is 1. The van der Waals surface area contributed by atoms with E-state index in [1.807, 2.05) is 0 Å². The van der Waals surface area contributed by atoms with Gasteiger partial charge >= 0.3 is 5.97 Å². The van der Waals surface area contributed by atoms with Crippen molar-refractivity contribution in [3.63, 3.8) is 0 Å². The molecule has 1 heterocycles. The van der Waals surface area contributed by atoms with E-state index in [1.165, 1.54) is 25.3 Å². The monoisotopic (exact) mass is 474 g/mol. The number of nitrogens with zero attached hydrogens (tertiary/aromatic N) is 1. The van der Waals surface area contributed by atoms with Gasteiger partial charge < -0.3 is 14.0 Å². The fourth-order valence-electron chi connectivity index (χ4n) is 3.48. The van der Waals surface area contributed by atoms with Crippen LogP contribution in [0, 0.1) is 26.6 Å². The van der Waals surface area contributed by atoms with Crippen LogP contribution < -0.4 is 9.88 Å². The lowest BCUT2D eigenvalue weighted by atomic mass is 10.1. The molecule has 0 fully saturated rings. The molecule has 0 radical (unpaired) electrons. The lowest BCUT2D eigenvalue weighted by molar-refractivity contribution is 0.0474. The number of carbonyl (C=O) groups is 2. The van der Waals surface area contributed by atoms with E-state index in [2.05, 4.69) is 0 Å². The van der Waals surface area contributed by atoms with Gasteiger partial charge in [-0.1, -0.05) is 6.07 Å². The van der Waals surface area contributed by atoms with Crippen molar-refractivity contribution in [3.8, 4) is 11.4 Å². The third kappa shape index (κ3) is 4.96. The molecular formula is C23H23FN2O6S. The molecule has 0 spiro atoms. The summed E-state index contributed by atoms with van der Waals surface area (Å²) in [5.41, 5.74) is 2.57. The van der Waals surface area contributed by atoms with Gasteiger partial charge in [-0.3, -0.25) is 4.79 Å². The highest BCUT2D eigenvalue weighted by Crippen LogP contribution is 2.25. The number of aromatic nitrogens is 1. The topological polar surface area (TPSA) is 118 Å². The van der Waals surface area contributed by atoms with Crippen molar-refractivity contribution in [1.29, 1.82) is 0 Å². The second-order valence-electron chi connectivity index (χ2n) is 7.46. The van der Waals surface area contributed by atoms with Crippen LogP contribution in [0.3, 0.4) is 0 Å². The summed E-state index contributed by atoms with van der Waals surface area (Å²) >= 11 is 0. The maximum Gasteiger partial charge on any atom is 0.338 e. The molecule has 2 N–H and O–H groups in total. The van der Waals surface area contributed by atoms with Gasteiger partial charge in [-0.2, -0.15) is 0 Å². The number of methoxy groups -OCH3 is 1. The SMILES string of the molecule is COc1ccc(C(=O)OCC(=O)c2cc(C)n(-c3ccc(C)c(F)c3)c2C)cc1S(N)(=O)=O. The normalized spacial score (nSPS) is 11.3. The van der Waals surface area contributed by atoms with Gasteiger partial charge in [-0.25, -0.2) is 22.7 Å². The highest BCUT2D eigenvalue weighted by atomic mass is 32.2. The van der Waals surface area contributed by atoms with Gasteiger partial charge in [-0.15, -0.1) is 0 Å². The number of carbonyl (C=O) groups excluding carboxylic acids is 2. The quantitative estimate of drug-likeness (QED) is 0.415. The number of ketones is 1. The molecule has 1 aromatic heterocycles. The molecule has 33 heavy (non-hydrogen) atoms. The molecule has 0 aliphatic carbocycles. The first-order valence-electron chi connectivity index (χ1n) is 9.80. The standard InChI is InChI=1S/C23H23FN2O6S/c1-13-5-7-17(11-19(13)24)26-14(2)9-18(15(26)3)20(27)12-32-23(28)16-6-8-21(31-4)22(10-16)33(25,29)30/h5-11H,12H2,1-4H3,(H2,25,29,30). The molecule has 0 saturated carbocycles. The number of nitrogens with two attached hydrogens (primary N) is 1. The first-order chi connectivity index (χ1) is 15.4. The summed E-state index contributed by atoms with van der Waals surface area (Å²) < 4.78 is 49.3. The summed E-state index contributed by atoms with van der Waals surface area (Å²) in [4.78, 5) is 24.8. The number of halogens is 1. The Balaban J connectivity index is 1.80. The summed E-state index contributed by atoms with van der Waals surface area (Å²) in [6.07, 6.45) is 0. The van der Waals surface area contributed by atoms with E-state index in [4.69, 9.17) is 14.6 Å². The second-order valence-corrected chi connectivity index (χ2v) is 8.99. The average Bonchev–Trinajstić information content (AvgIpc) is 3.06. The van der Waals surface area contributed by atoms with E-state index in [0.717, 1.165) is 6.07 Å². The summed E-state index contributed by atoms with van der Waals surface area (Å²) in [6, 6.07) is 10.0. The van der Waals surface area contributed by atoms with E-state index in [1.54, 1.807) is 43.5 Å². The van der Waals surface area contributed by atoms with E-state index in [0.29, 0.717) is 28.2 Å². The zero-order valence-electron chi connectivity index (χ0n) is 18.5. The third-order valence-electron chi connectivity index (χ3n) is 5.19. The number of hydrogen-bond acceptors (Lipinski definition) is 6. The lowest BCUT2D eigenvalue weighted by Crippen LogP contribution is -2.17. The molecule has 174 valence electrons. The number of esters is 1. The molecular weight excluding hydrogens is 451 g/mol. The molecule has 0 bridgehead atoms. The van der Waals surface area contributed by atoms with E-state index < -0.39 is 28.4 Å². The lowest BCUT2D eigenvalue weighted by Gasteiger charge is -2.11. The Kier molecular flexibility index (Phi) is 6.71. The number of rotatable bonds is 7. The molecule has 0 atom stereocenters. The number of Topliss-reactive ketones (excluding diaryl/α,β-unsaturated/α-hetero) is 1. The number of aryl methyl sites for hydroxylation is 2. The van der Waals surface area contributed by atoms with Crippen LogP contribution in [-0.4, -0.2) is 38.5 Å². The Labute approximate surface area is 190 Å². The van der Waals surface area contributed by atoms with Gasteiger partial charge in [0.2, 0.25) is 15.8 Å². The highest BCUT2D eigenvalue weighted by Gasteiger charge is 2.21. The van der Waals surface area contributed by atoms with Crippen LogP contribution in [0.4, 0.5) is 4.39 Å². The molecule has 2 aromatic carbocycles. The smallest absolute Gasteiger partial charge is 0.338 e. The molecule has 3 aromatic rings. The van der Waals surface area contributed by atoms with Gasteiger partial charge in [0.1, 0.15) is 16.5 Å². The fourth-order valence-corrected chi connectivity index (χ4v) is 4.20. The summed E-state index contributed by atoms with van der Waals surface area (Å²) in [5.74, 6) is -1.74. The number of primary sulfonamides is 1. The summed E-state index contributed by atoms with van der Waals surface area (Å²) in [7, 11) is -2.88. The van der Waals surface area contributed by atoms with Gasteiger partial charge in [-0.05, 0) is 62.7 Å². The average molecular weight is 475 g/mol. The Morgan fingerprint density at radius 2 is 1.76 bits per heavy atom. The van der Waals surface area contributed by atoms with Crippen molar-refractivity contribution < 1.29 is 31.9 Å². The van der Waals surface area contributed by atoms with Crippen LogP contribution in [0.2, 0.25) is 0 Å². The molecule has 0 unspecified atom stereocenters. The van der Waals surface area contributed by atoms with Crippen LogP contribution in [0.5, 0.6) is 5.75 Å². The molecule has 8 nitrogen and oxygen atoms in total. The number of benzene rings is 2. The minimum atomic E-state index is -4.14. The molecule has 0 amide bonds. The van der Waals surface area contributed by atoms with Gasteiger partial charge in [0.15, 0.2) is 6.61 Å². The van der Waals surface area contributed by atoms with E-state index in [9.17, 15) is 22.4 Å². The Bertz CT molecular complexity index is 1360. The predicted octanol–water partition coefficient (Wildman–Crippen LogP) is 3.24. The van der Waals surface area contributed by atoms with Crippen molar-refractivity contribution >= 4 is 21.8 Å². The highest BCUT2D eigenvalue weighted by molar-refractivity contribution is 7.89. The van der Waals surface area contributed by atoms with Crippen LogP contribution in [-0.2, 0) is 14.8 Å². The molecule has 0 saturated heterocycles. The van der Waals surface area contributed by atoms with Crippen LogP contribution >= 0.6 is 0 Å². The minimum Gasteiger partial charge on any atom is -0.495 e. The van der Waals surface area contributed by atoms with Gasteiger partial charge in [0.25, 0.3) is 0 Å². The van der Waals surface area contributed by atoms with E-state index in [-0.39, 0.29) is 22.0 Å². The van der Waals surface area contributed by atoms with Crippen molar-refractivity contribution in [2.75, 3.05) is 13.7 Å². The van der Waals surface area contributed by atoms with Crippen molar-refractivity contribution in [2.24, 2.45) is 5.14 Å². The van der Waals surface area contributed by atoms with E-state index >= 15 is 0 Å². The Morgan fingerprint density at radius 3 is 2.36 bits per heavy atom. The van der Waals surface area contributed by atoms with Crippen molar-refractivity contribution in [2.45, 2.75) is 25.7 Å². The molecule has 10 heteroatoms. The van der Waals surface area contributed by atoms with Gasteiger partial charge in [0, 0.05) is 22.6 Å². The van der Waals surface area contributed by atoms with Crippen molar-refractivity contribution in [1.82, 2.24) is 4.57 Å². The Morgan fingerprint density at radius 1 is 1.06 bits per heavy atom. The second kappa shape index (κ2) is 9.16. The van der Waals surface area contributed by atoms with Crippen LogP contribution in [0.25, 0.3) is 5.69 Å². The maximum absolute atomic E-state index is 14.0. The van der Waals surface area contributed by atoms with Crippen LogP contribution in [0.1, 0.15) is 37.7 Å². The number of ether oxygens (including phenoxy) is 2. The largest absolute Gasteiger partial charge is 0.495 e. The molecule has 0 aliphatic rings. The number of hydrogen-bond donors (Lipinski definition) is 1. The summed E-state index contributed by atoms with van der Waals surface area (Å²) in [6.45, 7) is 4.58. The third-order valence-corrected chi connectivity index (χ3v) is 6.12.